The quantitative estimate of drug-likeness (QED) is 0.0890. The molecule has 0 radical (unpaired) electrons. The van der Waals surface area contributed by atoms with Gasteiger partial charge in [0.25, 0.3) is 0 Å². The first-order valence-electron chi connectivity index (χ1n) is 17.9. The maximum absolute atomic E-state index is 13.8. The molecule has 0 aliphatic carbocycles. The van der Waals surface area contributed by atoms with E-state index in [1.165, 1.54) is 28.4 Å². The van der Waals surface area contributed by atoms with Crippen molar-refractivity contribution in [3.8, 4) is 23.0 Å². The Balaban J connectivity index is 1.29. The number of carbonyl (C=O) groups excluding carboxylic acids is 2. The Labute approximate surface area is 395 Å². The number of alkyl halides is 6. The smallest absolute Gasteiger partial charge is 0.471 e. The highest BCUT2D eigenvalue weighted by Gasteiger charge is 2.48. The van der Waals surface area contributed by atoms with Gasteiger partial charge in [0.15, 0.2) is 23.0 Å². The van der Waals surface area contributed by atoms with Crippen molar-refractivity contribution in [1.82, 2.24) is 9.80 Å². The Bertz CT molecular complexity index is 2160. The summed E-state index contributed by atoms with van der Waals surface area (Å²) in [6.45, 7) is -0.270. The van der Waals surface area contributed by atoms with Gasteiger partial charge in [0, 0.05) is 27.4 Å². The summed E-state index contributed by atoms with van der Waals surface area (Å²) in [5.41, 5.74) is 4.94. The number of carbonyl (C=O) groups is 2. The van der Waals surface area contributed by atoms with Gasteiger partial charge in [-0.1, -0.05) is 0 Å². The Morgan fingerprint density at radius 1 is 0.567 bits per heavy atom. The molecule has 0 saturated carbocycles. The monoisotopic (exact) mass is 1290 g/mol. The van der Waals surface area contributed by atoms with Crippen LogP contribution in [-0.2, 0) is 35.3 Å². The van der Waals surface area contributed by atoms with Crippen LogP contribution in [0.15, 0.2) is 58.8 Å². The number of hydrogen-bond acceptors (Lipinski definition) is 8. The number of hydrogen-bond donors (Lipinski definition) is 0. The third-order valence-corrected chi connectivity index (χ3v) is 13.6. The Kier molecular flexibility index (Phi) is 14.6. The molecule has 320 valence electrons. The fourth-order valence-corrected chi connectivity index (χ4v) is 11.7. The van der Waals surface area contributed by atoms with Gasteiger partial charge in [-0.15, -0.1) is 10.2 Å². The highest BCUT2D eigenvalue weighted by Crippen LogP contribution is 2.44. The zero-order chi connectivity index (χ0) is 43.8. The summed E-state index contributed by atoms with van der Waals surface area (Å²) in [7, 11) is 5.80. The van der Waals surface area contributed by atoms with E-state index in [1.807, 2.05) is 0 Å². The van der Waals surface area contributed by atoms with Crippen molar-refractivity contribution >= 4 is 114 Å². The van der Waals surface area contributed by atoms with E-state index in [4.69, 9.17) is 18.9 Å². The molecule has 2 aliphatic heterocycles. The van der Waals surface area contributed by atoms with Crippen LogP contribution in [0.5, 0.6) is 23.0 Å². The first kappa shape index (κ1) is 46.6. The largest absolute Gasteiger partial charge is 0.493 e. The molecule has 2 atom stereocenters. The molecule has 60 heavy (non-hydrogen) atoms. The Morgan fingerprint density at radius 2 is 0.867 bits per heavy atom. The predicted molar refractivity (Wildman–Crippen MR) is 243 cm³/mol. The number of halogens is 10. The van der Waals surface area contributed by atoms with Crippen molar-refractivity contribution < 1.29 is 54.9 Å². The number of benzene rings is 4. The Hall–Kier alpha value is -2.88. The molecular formula is C40H34F6I4N4O6. The molecule has 0 aromatic heterocycles. The number of azo groups is 1. The van der Waals surface area contributed by atoms with Gasteiger partial charge < -0.3 is 28.7 Å². The van der Waals surface area contributed by atoms with Gasteiger partial charge in [-0.25, -0.2) is 0 Å². The molecule has 0 N–H and O–H groups in total. The van der Waals surface area contributed by atoms with E-state index in [2.05, 4.69) is 101 Å². The number of fused-ring (bicyclic) bond motifs is 2. The van der Waals surface area contributed by atoms with Gasteiger partial charge in [0.1, 0.15) is 11.4 Å². The minimum absolute atomic E-state index is 0.0722. The maximum Gasteiger partial charge on any atom is 0.471 e. The summed E-state index contributed by atoms with van der Waals surface area (Å²) in [6.07, 6.45) is -9.58. The normalized spacial score (nSPS) is 16.7. The lowest BCUT2D eigenvalue weighted by atomic mass is 9.88. The number of ether oxygens (including phenoxy) is 4. The molecule has 0 fully saturated rings. The zero-order valence-electron chi connectivity index (χ0n) is 32.0. The minimum Gasteiger partial charge on any atom is -0.493 e. The average Bonchev–Trinajstić information content (AvgIpc) is 3.19. The second kappa shape index (κ2) is 18.8. The molecule has 2 unspecified atom stereocenters. The van der Waals surface area contributed by atoms with Crippen molar-refractivity contribution in [2.24, 2.45) is 10.2 Å². The third-order valence-electron chi connectivity index (χ3n) is 10.3. The summed E-state index contributed by atoms with van der Waals surface area (Å²) in [4.78, 5) is 27.1. The third kappa shape index (κ3) is 9.84. The van der Waals surface area contributed by atoms with Crippen LogP contribution in [0.4, 0.5) is 37.7 Å². The van der Waals surface area contributed by atoms with Crippen LogP contribution < -0.4 is 18.9 Å². The van der Waals surface area contributed by atoms with Gasteiger partial charge in [0.05, 0.1) is 40.5 Å². The highest BCUT2D eigenvalue weighted by molar-refractivity contribution is 14.1. The molecule has 2 heterocycles. The number of amides is 2. The van der Waals surface area contributed by atoms with Crippen molar-refractivity contribution in [3.05, 3.63) is 96.2 Å². The first-order chi connectivity index (χ1) is 28.3. The predicted octanol–water partition coefficient (Wildman–Crippen LogP) is 11.0. The van der Waals surface area contributed by atoms with E-state index >= 15 is 0 Å². The van der Waals surface area contributed by atoms with Crippen molar-refractivity contribution in [3.63, 3.8) is 0 Å². The van der Waals surface area contributed by atoms with Crippen molar-refractivity contribution in [2.45, 2.75) is 50.1 Å². The maximum atomic E-state index is 13.8. The molecule has 10 nitrogen and oxygen atoms in total. The van der Waals surface area contributed by atoms with Crippen LogP contribution >= 0.6 is 90.4 Å². The molecule has 2 aliphatic rings. The molecule has 0 spiro atoms. The van der Waals surface area contributed by atoms with E-state index < -0.39 is 36.3 Å². The van der Waals surface area contributed by atoms with Crippen LogP contribution in [0.1, 0.15) is 45.5 Å². The van der Waals surface area contributed by atoms with Gasteiger partial charge in [-0.2, -0.15) is 26.3 Å². The summed E-state index contributed by atoms with van der Waals surface area (Å²) in [5.74, 6) is -2.31. The second-order valence-electron chi connectivity index (χ2n) is 13.8. The summed E-state index contributed by atoms with van der Waals surface area (Å²) < 4.78 is 107. The van der Waals surface area contributed by atoms with Crippen LogP contribution in [0, 0.1) is 14.3 Å². The van der Waals surface area contributed by atoms with Gasteiger partial charge in [-0.05, 0) is 198 Å². The summed E-state index contributed by atoms with van der Waals surface area (Å²) >= 11 is 8.35. The fourth-order valence-electron chi connectivity index (χ4n) is 7.52. The van der Waals surface area contributed by atoms with Crippen LogP contribution in [0.25, 0.3) is 0 Å². The van der Waals surface area contributed by atoms with Crippen molar-refractivity contribution in [2.75, 3.05) is 41.5 Å². The molecule has 6 rings (SSSR count). The molecule has 4 aromatic rings. The molecule has 2 amide bonds. The standard InChI is InChI=1S/C40H34F6I4N4O6/c1-57-31-15-21-5-7-53(37(55)39(41,42)43)29(23(21)17-33(31)59-3)13-19-9-25(47)35(26(48)10-19)51-52-36-27(49)11-20(12-28(36)50)14-30-24-18-34(60-4)32(58-2)16-22(24)6-8-54(30)38(56)40(44,45)46/h9-12,15-18,29-30H,5-8,13-14H2,1-4H3. The SMILES string of the molecule is COc1cc2c(cc1OC)C(Cc1cc(I)c(N=Nc3c(I)cc(CC4c5cc(OC)c(OC)cc5CCN4C(=O)C(F)(F)F)cc3I)c(I)c1)N(C(=O)C(F)(F)F)CC2. The molecule has 4 aromatic carbocycles. The number of rotatable bonds is 10. The lowest BCUT2D eigenvalue weighted by Gasteiger charge is -2.38. The van der Waals surface area contributed by atoms with E-state index in [1.54, 1.807) is 48.5 Å². The Morgan fingerprint density at radius 3 is 1.15 bits per heavy atom. The molecular weight excluding hydrogens is 1250 g/mol. The van der Waals surface area contributed by atoms with E-state index in [-0.39, 0.29) is 38.8 Å². The molecule has 20 heteroatoms. The summed E-state index contributed by atoms with van der Waals surface area (Å²) in [5, 5.41) is 9.13. The molecule has 0 bridgehead atoms. The zero-order valence-corrected chi connectivity index (χ0v) is 40.7. The van der Waals surface area contributed by atoms with Crippen molar-refractivity contribution in [1.29, 1.82) is 0 Å². The van der Waals surface area contributed by atoms with Gasteiger partial charge in [0.2, 0.25) is 0 Å². The van der Waals surface area contributed by atoms with Crippen LogP contribution in [0.3, 0.4) is 0 Å². The van der Waals surface area contributed by atoms with Gasteiger partial charge in [-0.3, -0.25) is 9.59 Å². The van der Waals surface area contributed by atoms with E-state index in [9.17, 15) is 35.9 Å². The highest BCUT2D eigenvalue weighted by atomic mass is 127. The number of methoxy groups -OCH3 is 4. The average molecular weight is 1290 g/mol. The van der Waals surface area contributed by atoms with Crippen LogP contribution in [-0.4, -0.2) is 75.5 Å². The van der Waals surface area contributed by atoms with Gasteiger partial charge >= 0.3 is 24.2 Å². The first-order valence-corrected chi connectivity index (χ1v) is 22.2. The fraction of sp³-hybridized carbons (Fsp3) is 0.350. The van der Waals surface area contributed by atoms with E-state index in [0.29, 0.717) is 70.9 Å². The lowest BCUT2D eigenvalue weighted by molar-refractivity contribution is -0.188. The summed E-state index contributed by atoms with van der Waals surface area (Å²) in [6, 6.07) is 12.0. The minimum atomic E-state index is -5.07. The number of nitrogens with zero attached hydrogens (tertiary/aromatic N) is 4. The molecule has 0 saturated heterocycles. The lowest BCUT2D eigenvalue weighted by Crippen LogP contribution is -2.47. The van der Waals surface area contributed by atoms with E-state index in [0.717, 1.165) is 20.9 Å². The topological polar surface area (TPSA) is 102 Å². The second-order valence-corrected chi connectivity index (χ2v) is 18.4. The van der Waals surface area contributed by atoms with Crippen LogP contribution in [0.2, 0.25) is 0 Å².